The lowest BCUT2D eigenvalue weighted by Crippen LogP contribution is -2.07. The summed E-state index contributed by atoms with van der Waals surface area (Å²) in [5.74, 6) is -0.948. The van der Waals surface area contributed by atoms with Crippen LogP contribution in [0.3, 0.4) is 0 Å². The number of carbonyl (C=O) groups is 2. The van der Waals surface area contributed by atoms with Crippen molar-refractivity contribution in [3.63, 3.8) is 0 Å². The zero-order chi connectivity index (χ0) is 20.5. The normalized spacial score (nSPS) is 10.6. The van der Waals surface area contributed by atoms with Gasteiger partial charge in [0.25, 0.3) is 0 Å². The molecular weight excluding hydrogens is 332 g/mol. The van der Waals surface area contributed by atoms with Gasteiger partial charge < -0.3 is 9.84 Å². The van der Waals surface area contributed by atoms with Gasteiger partial charge in [-0.15, -0.1) is 0 Å². The Balaban J connectivity index is 0. The molecule has 6 heteroatoms. The van der Waals surface area contributed by atoms with Gasteiger partial charge in [0.05, 0.1) is 18.2 Å². The van der Waals surface area contributed by atoms with Gasteiger partial charge in [-0.2, -0.15) is 10.5 Å². The maximum absolute atomic E-state index is 10.9. The van der Waals surface area contributed by atoms with Crippen molar-refractivity contribution in [3.05, 3.63) is 23.3 Å². The molecule has 0 rings (SSSR count). The summed E-state index contributed by atoms with van der Waals surface area (Å²) in [5, 5.41) is 25.8. The fourth-order valence-corrected chi connectivity index (χ4v) is 1.89. The number of carbonyl (C=O) groups excluding carboxylic acids is 1. The van der Waals surface area contributed by atoms with Gasteiger partial charge in [0, 0.05) is 5.57 Å². The average Bonchev–Trinajstić information content (AvgIpc) is 2.61. The van der Waals surface area contributed by atoms with Crippen LogP contribution < -0.4 is 0 Å². The second-order valence-electron chi connectivity index (χ2n) is 6.09. The van der Waals surface area contributed by atoms with Gasteiger partial charge in [0.2, 0.25) is 0 Å². The molecule has 0 aromatic carbocycles. The molecular formula is C20H30N2O4. The van der Waals surface area contributed by atoms with Crippen LogP contribution >= 0.6 is 0 Å². The van der Waals surface area contributed by atoms with Crippen LogP contribution in [-0.4, -0.2) is 23.7 Å². The van der Waals surface area contributed by atoms with Gasteiger partial charge in [-0.05, 0) is 38.0 Å². The largest absolute Gasteiger partial charge is 0.478 e. The summed E-state index contributed by atoms with van der Waals surface area (Å²) < 4.78 is 4.78. The van der Waals surface area contributed by atoms with Crippen LogP contribution in [0, 0.1) is 28.6 Å². The molecule has 0 saturated carbocycles. The van der Waals surface area contributed by atoms with E-state index in [-0.39, 0.29) is 11.1 Å². The quantitative estimate of drug-likeness (QED) is 0.264. The van der Waals surface area contributed by atoms with Crippen molar-refractivity contribution in [2.24, 2.45) is 5.92 Å². The summed E-state index contributed by atoms with van der Waals surface area (Å²) in [4.78, 5) is 21.6. The number of carboxylic acids is 1. The maximum Gasteiger partial charge on any atom is 0.348 e. The van der Waals surface area contributed by atoms with E-state index in [1.54, 1.807) is 13.0 Å². The summed E-state index contributed by atoms with van der Waals surface area (Å²) in [7, 11) is 0. The van der Waals surface area contributed by atoms with E-state index in [1.165, 1.54) is 0 Å². The van der Waals surface area contributed by atoms with Gasteiger partial charge in [0.15, 0.2) is 0 Å². The zero-order valence-corrected chi connectivity index (χ0v) is 16.3. The number of nitriles is 2. The standard InChI is InChI=1S/2C10H15NO2/c1-8(2)5-4-6-13-10(12)9(3)7-11;1-3-5-6-9(10(12)13)8(4-2)7-11/h8H,3-6H2,1-2H3;3-6H2,1-2H3,(H,12,13). The molecule has 0 spiro atoms. The molecule has 0 heterocycles. The van der Waals surface area contributed by atoms with Crippen LogP contribution in [-0.2, 0) is 14.3 Å². The average molecular weight is 362 g/mol. The molecule has 0 aliphatic carbocycles. The Bertz CT molecular complexity index is 578. The molecule has 0 amide bonds. The Kier molecular flexibility index (Phi) is 15.7. The number of esters is 1. The third-order valence-electron chi connectivity index (χ3n) is 3.43. The Hall–Kier alpha value is -2.60. The van der Waals surface area contributed by atoms with E-state index >= 15 is 0 Å². The Morgan fingerprint density at radius 3 is 2.15 bits per heavy atom. The molecule has 0 aliphatic rings. The third kappa shape index (κ3) is 12.8. The summed E-state index contributed by atoms with van der Waals surface area (Å²) in [6.45, 7) is 11.6. The van der Waals surface area contributed by atoms with Gasteiger partial charge >= 0.3 is 11.9 Å². The maximum atomic E-state index is 10.9. The first kappa shape index (κ1) is 25.6. The molecule has 0 atom stereocenters. The van der Waals surface area contributed by atoms with Gasteiger partial charge in [-0.1, -0.05) is 40.7 Å². The number of carboxylic acid groups (broad SMARTS) is 1. The first-order valence-corrected chi connectivity index (χ1v) is 8.86. The lowest BCUT2D eigenvalue weighted by atomic mass is 10.0. The van der Waals surface area contributed by atoms with Crippen LogP contribution in [0.5, 0.6) is 0 Å². The van der Waals surface area contributed by atoms with Gasteiger partial charge in [0.1, 0.15) is 11.6 Å². The molecule has 0 aromatic heterocycles. The summed E-state index contributed by atoms with van der Waals surface area (Å²) >= 11 is 0. The van der Waals surface area contributed by atoms with E-state index in [2.05, 4.69) is 20.4 Å². The Labute approximate surface area is 156 Å². The molecule has 26 heavy (non-hydrogen) atoms. The second-order valence-corrected chi connectivity index (χ2v) is 6.09. The minimum absolute atomic E-state index is 0.135. The minimum atomic E-state index is -0.952. The third-order valence-corrected chi connectivity index (χ3v) is 3.43. The van der Waals surface area contributed by atoms with Crippen LogP contribution in [0.25, 0.3) is 0 Å². The number of rotatable bonds is 10. The lowest BCUT2D eigenvalue weighted by Gasteiger charge is -2.04. The Morgan fingerprint density at radius 2 is 1.77 bits per heavy atom. The van der Waals surface area contributed by atoms with Crippen molar-refractivity contribution in [2.45, 2.75) is 66.2 Å². The fraction of sp³-hybridized carbons (Fsp3) is 0.600. The van der Waals surface area contributed by atoms with E-state index < -0.39 is 11.9 Å². The SMILES string of the molecule is C=C(C#N)C(=O)OCCCC(C)C.CCCCC(C(=O)O)=C(C#N)CC. The second kappa shape index (κ2) is 15.9. The molecule has 0 aliphatic heterocycles. The number of allylic oxidation sites excluding steroid dienone is 1. The van der Waals surface area contributed by atoms with Crippen molar-refractivity contribution in [1.82, 2.24) is 0 Å². The Morgan fingerprint density at radius 1 is 1.15 bits per heavy atom. The molecule has 144 valence electrons. The number of ether oxygens (including phenoxy) is 1. The van der Waals surface area contributed by atoms with Gasteiger partial charge in [-0.25, -0.2) is 9.59 Å². The monoisotopic (exact) mass is 362 g/mol. The minimum Gasteiger partial charge on any atom is -0.478 e. The highest BCUT2D eigenvalue weighted by Gasteiger charge is 2.12. The van der Waals surface area contributed by atoms with Crippen LogP contribution in [0.15, 0.2) is 23.3 Å². The highest BCUT2D eigenvalue weighted by atomic mass is 16.5. The van der Waals surface area contributed by atoms with Crippen molar-refractivity contribution >= 4 is 11.9 Å². The summed E-state index contributed by atoms with van der Waals surface area (Å²) in [6.07, 6.45) is 4.63. The number of hydrogen-bond acceptors (Lipinski definition) is 5. The predicted octanol–water partition coefficient (Wildman–Crippen LogP) is 4.54. The number of aliphatic carboxylic acids is 1. The lowest BCUT2D eigenvalue weighted by molar-refractivity contribution is -0.138. The number of hydrogen-bond donors (Lipinski definition) is 1. The molecule has 1 N–H and O–H groups in total. The highest BCUT2D eigenvalue weighted by molar-refractivity contribution is 5.91. The smallest absolute Gasteiger partial charge is 0.348 e. The van der Waals surface area contributed by atoms with E-state index in [4.69, 9.17) is 20.4 Å². The number of unbranched alkanes of at least 4 members (excludes halogenated alkanes) is 1. The van der Waals surface area contributed by atoms with Crippen LogP contribution in [0.4, 0.5) is 0 Å². The predicted molar refractivity (Wildman–Crippen MR) is 99.9 cm³/mol. The molecule has 6 nitrogen and oxygen atoms in total. The van der Waals surface area contributed by atoms with Crippen molar-refractivity contribution in [3.8, 4) is 12.1 Å². The van der Waals surface area contributed by atoms with Gasteiger partial charge in [-0.3, -0.25) is 0 Å². The molecule has 0 radical (unpaired) electrons. The highest BCUT2D eigenvalue weighted by Crippen LogP contribution is 2.15. The first-order valence-electron chi connectivity index (χ1n) is 8.86. The van der Waals surface area contributed by atoms with E-state index in [0.717, 1.165) is 25.7 Å². The van der Waals surface area contributed by atoms with E-state index in [1.807, 2.05) is 13.0 Å². The first-order chi connectivity index (χ1) is 12.2. The molecule has 0 saturated heterocycles. The fourth-order valence-electron chi connectivity index (χ4n) is 1.89. The summed E-state index contributed by atoms with van der Waals surface area (Å²) in [6, 6.07) is 3.59. The topological polar surface area (TPSA) is 111 Å². The van der Waals surface area contributed by atoms with Crippen molar-refractivity contribution in [1.29, 1.82) is 10.5 Å². The van der Waals surface area contributed by atoms with E-state index in [9.17, 15) is 9.59 Å². The zero-order valence-electron chi connectivity index (χ0n) is 16.3. The molecule has 0 fully saturated rings. The van der Waals surface area contributed by atoms with Crippen molar-refractivity contribution < 1.29 is 19.4 Å². The number of nitrogens with zero attached hydrogens (tertiary/aromatic N) is 2. The van der Waals surface area contributed by atoms with E-state index in [0.29, 0.717) is 30.9 Å². The van der Waals surface area contributed by atoms with Crippen molar-refractivity contribution in [2.75, 3.05) is 6.61 Å². The van der Waals surface area contributed by atoms with Crippen LogP contribution in [0.2, 0.25) is 0 Å². The molecule has 0 bridgehead atoms. The molecule has 0 unspecified atom stereocenters. The summed E-state index contributed by atoms with van der Waals surface area (Å²) in [5.41, 5.74) is 0.553. The molecule has 0 aromatic rings. The van der Waals surface area contributed by atoms with Crippen LogP contribution in [0.1, 0.15) is 66.2 Å².